The molecule has 8 heteroatoms. The van der Waals surface area contributed by atoms with Crippen LogP contribution in [0.25, 0.3) is 0 Å². The van der Waals surface area contributed by atoms with Gasteiger partial charge in [-0.15, -0.1) is 0 Å². The number of hydrogen-bond donors (Lipinski definition) is 2. The summed E-state index contributed by atoms with van der Waals surface area (Å²) in [6.07, 6.45) is 0. The Balaban J connectivity index is 1.64. The molecule has 148 valence electrons. The van der Waals surface area contributed by atoms with Gasteiger partial charge in [-0.3, -0.25) is 9.59 Å². The van der Waals surface area contributed by atoms with E-state index in [1.54, 1.807) is 6.07 Å². The van der Waals surface area contributed by atoms with E-state index >= 15 is 0 Å². The first kappa shape index (κ1) is 20.0. The Morgan fingerprint density at radius 2 is 1.93 bits per heavy atom. The molecule has 1 aromatic carbocycles. The van der Waals surface area contributed by atoms with E-state index in [0.29, 0.717) is 35.3 Å². The molecule has 1 unspecified atom stereocenters. The molecule has 2 heterocycles. The highest BCUT2D eigenvalue weighted by Crippen LogP contribution is 2.32. The second-order valence-corrected chi connectivity index (χ2v) is 7.57. The van der Waals surface area contributed by atoms with Gasteiger partial charge in [-0.25, -0.2) is 4.98 Å². The van der Waals surface area contributed by atoms with Crippen molar-refractivity contribution in [3.05, 3.63) is 46.6 Å². The first-order chi connectivity index (χ1) is 13.3. The number of carbonyl (C=O) groups excluding carboxylic acids is 2. The van der Waals surface area contributed by atoms with E-state index in [-0.39, 0.29) is 17.7 Å². The molecule has 3 N–H and O–H groups in total. The molecule has 0 radical (unpaired) electrons. The first-order valence-corrected chi connectivity index (χ1v) is 9.93. The zero-order valence-electron chi connectivity index (χ0n) is 16.1. The van der Waals surface area contributed by atoms with Crippen LogP contribution in [-0.4, -0.2) is 35.8 Å². The number of carbonyl (C=O) groups is 2. The van der Waals surface area contributed by atoms with Crippen molar-refractivity contribution in [2.75, 3.05) is 19.0 Å². The van der Waals surface area contributed by atoms with Crippen molar-refractivity contribution in [1.29, 1.82) is 0 Å². The van der Waals surface area contributed by atoms with Gasteiger partial charge in [0.25, 0.3) is 5.91 Å². The summed E-state index contributed by atoms with van der Waals surface area (Å²) in [5.41, 5.74) is 8.29. The predicted molar refractivity (Wildman–Crippen MR) is 107 cm³/mol. The number of benzene rings is 1. The number of aromatic nitrogens is 1. The monoisotopic (exact) mass is 401 g/mol. The molecule has 28 heavy (non-hydrogen) atoms. The number of nitrogens with zero attached hydrogens (tertiary/aromatic N) is 1. The number of nitrogens with one attached hydrogen (secondary N) is 1. The molecule has 1 aliphatic heterocycles. The highest BCUT2D eigenvalue weighted by atomic mass is 32.2. The van der Waals surface area contributed by atoms with Gasteiger partial charge >= 0.3 is 0 Å². The molecule has 0 saturated carbocycles. The van der Waals surface area contributed by atoms with E-state index < -0.39 is 5.91 Å². The molecule has 1 aliphatic rings. The lowest BCUT2D eigenvalue weighted by atomic mass is 10.1. The van der Waals surface area contributed by atoms with Crippen LogP contribution in [0.3, 0.4) is 0 Å². The van der Waals surface area contributed by atoms with Crippen molar-refractivity contribution in [3.63, 3.8) is 0 Å². The lowest BCUT2D eigenvalue weighted by Gasteiger charge is -2.21. The van der Waals surface area contributed by atoms with Gasteiger partial charge in [-0.05, 0) is 50.1 Å². The minimum atomic E-state index is -0.544. The van der Waals surface area contributed by atoms with E-state index in [0.717, 1.165) is 16.8 Å². The van der Waals surface area contributed by atoms with Gasteiger partial charge in [-0.2, -0.15) is 0 Å². The van der Waals surface area contributed by atoms with Crippen LogP contribution in [0.2, 0.25) is 0 Å². The predicted octanol–water partition coefficient (Wildman–Crippen LogP) is 2.54. The highest BCUT2D eigenvalue weighted by Gasteiger charge is 2.18. The van der Waals surface area contributed by atoms with Crippen molar-refractivity contribution in [3.8, 4) is 11.5 Å². The van der Waals surface area contributed by atoms with Crippen molar-refractivity contribution < 1.29 is 19.1 Å². The van der Waals surface area contributed by atoms with Crippen LogP contribution in [0.5, 0.6) is 11.5 Å². The number of rotatable bonds is 6. The van der Waals surface area contributed by atoms with Crippen molar-refractivity contribution in [2.24, 2.45) is 5.73 Å². The maximum atomic E-state index is 12.4. The molecule has 7 nitrogen and oxygen atoms in total. The Morgan fingerprint density at radius 3 is 2.64 bits per heavy atom. The van der Waals surface area contributed by atoms with Crippen LogP contribution in [0.4, 0.5) is 0 Å². The van der Waals surface area contributed by atoms with Crippen LogP contribution < -0.4 is 20.5 Å². The number of pyridine rings is 1. The van der Waals surface area contributed by atoms with Gasteiger partial charge in [-0.1, -0.05) is 17.8 Å². The summed E-state index contributed by atoms with van der Waals surface area (Å²) in [5, 5.41) is 3.43. The topological polar surface area (TPSA) is 104 Å². The molecule has 3 rings (SSSR count). The summed E-state index contributed by atoms with van der Waals surface area (Å²) in [5.74, 6) is 0.820. The number of thioether (sulfide) groups is 1. The molecule has 0 bridgehead atoms. The largest absolute Gasteiger partial charge is 0.486 e. The third-order valence-corrected chi connectivity index (χ3v) is 5.32. The van der Waals surface area contributed by atoms with Gasteiger partial charge in [0, 0.05) is 5.69 Å². The number of fused-ring (bicyclic) bond motifs is 1. The van der Waals surface area contributed by atoms with Crippen molar-refractivity contribution in [1.82, 2.24) is 10.3 Å². The second kappa shape index (κ2) is 8.52. The molecule has 1 aromatic heterocycles. The maximum absolute atomic E-state index is 12.4. The zero-order chi connectivity index (χ0) is 20.3. The minimum Gasteiger partial charge on any atom is -0.486 e. The lowest BCUT2D eigenvalue weighted by Crippen LogP contribution is -2.28. The van der Waals surface area contributed by atoms with E-state index in [1.807, 2.05) is 39.0 Å². The van der Waals surface area contributed by atoms with Crippen LogP contribution in [0.1, 0.15) is 40.1 Å². The number of ether oxygens (including phenoxy) is 2. The summed E-state index contributed by atoms with van der Waals surface area (Å²) in [7, 11) is 0. The van der Waals surface area contributed by atoms with E-state index in [4.69, 9.17) is 15.2 Å². The number of amides is 2. The molecule has 0 aliphatic carbocycles. The number of nitrogens with two attached hydrogens (primary N) is 1. The van der Waals surface area contributed by atoms with Crippen LogP contribution in [0, 0.1) is 13.8 Å². The zero-order valence-corrected chi connectivity index (χ0v) is 16.9. The average Bonchev–Trinajstić information content (AvgIpc) is 2.65. The molecular weight excluding hydrogens is 378 g/mol. The number of primary amides is 1. The fraction of sp³-hybridized carbons (Fsp3) is 0.350. The van der Waals surface area contributed by atoms with Gasteiger partial charge in [0.2, 0.25) is 5.91 Å². The Kier molecular flexibility index (Phi) is 6.08. The van der Waals surface area contributed by atoms with Gasteiger partial charge in [0.15, 0.2) is 11.5 Å². The summed E-state index contributed by atoms with van der Waals surface area (Å²) in [4.78, 5) is 28.5. The van der Waals surface area contributed by atoms with Gasteiger partial charge in [0.1, 0.15) is 18.2 Å². The average molecular weight is 401 g/mol. The molecule has 0 saturated heterocycles. The summed E-state index contributed by atoms with van der Waals surface area (Å²) in [6.45, 7) is 6.60. The van der Waals surface area contributed by atoms with Crippen LogP contribution >= 0.6 is 11.8 Å². The van der Waals surface area contributed by atoms with Crippen LogP contribution in [-0.2, 0) is 4.79 Å². The fourth-order valence-corrected chi connectivity index (χ4v) is 4.00. The third kappa shape index (κ3) is 4.56. The quantitative estimate of drug-likeness (QED) is 0.721. The van der Waals surface area contributed by atoms with E-state index in [9.17, 15) is 9.59 Å². The summed E-state index contributed by atoms with van der Waals surface area (Å²) >= 11 is 1.20. The van der Waals surface area contributed by atoms with E-state index in [1.165, 1.54) is 11.8 Å². The smallest absolute Gasteiger partial charge is 0.251 e. The number of aryl methyl sites for hydroxylation is 2. The molecule has 0 fully saturated rings. The fourth-order valence-electron chi connectivity index (χ4n) is 3.04. The Labute approximate surface area is 168 Å². The first-order valence-electron chi connectivity index (χ1n) is 8.95. The molecule has 2 aromatic rings. The van der Waals surface area contributed by atoms with E-state index in [2.05, 4.69) is 10.3 Å². The lowest BCUT2D eigenvalue weighted by molar-refractivity contribution is -0.119. The molecule has 2 amide bonds. The maximum Gasteiger partial charge on any atom is 0.251 e. The Morgan fingerprint density at radius 1 is 1.21 bits per heavy atom. The summed E-state index contributed by atoms with van der Waals surface area (Å²) in [6, 6.07) is 7.23. The van der Waals surface area contributed by atoms with Crippen molar-refractivity contribution in [2.45, 2.75) is 31.8 Å². The highest BCUT2D eigenvalue weighted by molar-refractivity contribution is 8.00. The third-order valence-electron chi connectivity index (χ3n) is 4.34. The second-order valence-electron chi connectivity index (χ2n) is 6.61. The standard InChI is InChI=1S/C20H23N3O4S/c1-11-8-12(2)22-20(18(11)19(21)25)28-10-17(24)23-13(3)14-4-5-15-16(9-14)27-7-6-26-15/h4-5,8-9,13H,6-7,10H2,1-3H3,(H2,21,25)(H,23,24). The Hall–Kier alpha value is -2.74. The van der Waals surface area contributed by atoms with Crippen LogP contribution in [0.15, 0.2) is 29.3 Å². The summed E-state index contributed by atoms with van der Waals surface area (Å²) < 4.78 is 11.1. The van der Waals surface area contributed by atoms with Gasteiger partial charge in [0.05, 0.1) is 17.4 Å². The number of hydrogen-bond acceptors (Lipinski definition) is 6. The van der Waals surface area contributed by atoms with Crippen molar-refractivity contribution >= 4 is 23.6 Å². The van der Waals surface area contributed by atoms with Gasteiger partial charge < -0.3 is 20.5 Å². The molecule has 0 spiro atoms. The SMILES string of the molecule is Cc1cc(C)c(C(N)=O)c(SCC(=O)NC(C)c2ccc3c(c2)OCCO3)n1. The Bertz CT molecular complexity index is 917. The minimum absolute atomic E-state index is 0.130. The molecular formula is C20H23N3O4S. The normalized spacial score (nSPS) is 13.7. The molecule has 1 atom stereocenters.